The van der Waals surface area contributed by atoms with Crippen molar-refractivity contribution in [3.63, 3.8) is 0 Å². The van der Waals surface area contributed by atoms with Gasteiger partial charge in [-0.2, -0.15) is 10.5 Å². The van der Waals surface area contributed by atoms with E-state index in [1.165, 1.54) is 0 Å². The average Bonchev–Trinajstić information content (AvgIpc) is 3.15. The second-order valence-corrected chi connectivity index (χ2v) is 5.50. The number of nitrogens with two attached hydrogens (primary N) is 1. The first-order valence-corrected chi connectivity index (χ1v) is 7.46. The van der Waals surface area contributed by atoms with Crippen LogP contribution in [-0.2, 0) is 9.47 Å². The number of aliphatic imine (C=N–C) groups is 1. The Hall–Kier alpha value is -2.48. The molecule has 1 aromatic rings. The normalized spacial score (nSPS) is 33.2. The number of amidine groups is 1. The summed E-state index contributed by atoms with van der Waals surface area (Å²) in [5.74, 6) is -1.94. The van der Waals surface area contributed by atoms with E-state index in [1.807, 2.05) is 0 Å². The van der Waals surface area contributed by atoms with E-state index in [9.17, 15) is 10.5 Å². The number of pyridine rings is 1. The third-order valence-corrected chi connectivity index (χ3v) is 4.65. The van der Waals surface area contributed by atoms with Crippen molar-refractivity contribution < 1.29 is 9.47 Å². The zero-order chi connectivity index (χ0) is 16.7. The Bertz CT molecular complexity index is 729. The van der Waals surface area contributed by atoms with Crippen LogP contribution in [0, 0.1) is 33.5 Å². The number of fused-ring (bicyclic) bond motifs is 1. The Morgan fingerprint density at radius 1 is 1.17 bits per heavy atom. The van der Waals surface area contributed by atoms with Crippen LogP contribution in [-0.4, -0.2) is 29.9 Å². The predicted octanol–water partition coefficient (Wildman–Crippen LogP) is 1.30. The lowest BCUT2D eigenvalue weighted by Gasteiger charge is -2.31. The third kappa shape index (κ3) is 1.53. The molecule has 0 saturated heterocycles. The number of hydrogen-bond donors (Lipinski definition) is 1. The van der Waals surface area contributed by atoms with E-state index in [4.69, 9.17) is 15.2 Å². The molecule has 2 N–H and O–H groups in total. The van der Waals surface area contributed by atoms with E-state index < -0.39 is 22.7 Å². The molecule has 3 rings (SSSR count). The van der Waals surface area contributed by atoms with Crippen LogP contribution in [0.4, 0.5) is 0 Å². The maximum absolute atomic E-state index is 10.00. The van der Waals surface area contributed by atoms with E-state index in [2.05, 4.69) is 22.1 Å². The Kier molecular flexibility index (Phi) is 3.36. The third-order valence-electron chi connectivity index (χ3n) is 4.65. The Morgan fingerprint density at radius 2 is 1.78 bits per heavy atom. The molecule has 0 amide bonds. The van der Waals surface area contributed by atoms with Gasteiger partial charge in [0.1, 0.15) is 11.3 Å². The lowest BCUT2D eigenvalue weighted by atomic mass is 9.93. The smallest absolute Gasteiger partial charge is 0.293 e. The summed E-state index contributed by atoms with van der Waals surface area (Å²) in [6, 6.07) is 8.03. The van der Waals surface area contributed by atoms with Crippen LogP contribution >= 0.6 is 0 Å². The quantitative estimate of drug-likeness (QED) is 0.819. The van der Waals surface area contributed by atoms with Gasteiger partial charge in [-0.3, -0.25) is 4.98 Å². The van der Waals surface area contributed by atoms with Gasteiger partial charge in [0.05, 0.1) is 12.1 Å². The summed E-state index contributed by atoms with van der Waals surface area (Å²) < 4.78 is 11.5. The van der Waals surface area contributed by atoms with Crippen molar-refractivity contribution in [1.29, 1.82) is 10.5 Å². The fourth-order valence-electron chi connectivity index (χ4n) is 3.81. The second kappa shape index (κ2) is 5.02. The largest absolute Gasteiger partial charge is 0.386 e. The molecule has 1 fully saturated rings. The first-order chi connectivity index (χ1) is 11.1. The van der Waals surface area contributed by atoms with Gasteiger partial charge >= 0.3 is 0 Å². The molecule has 0 aromatic carbocycles. The van der Waals surface area contributed by atoms with Gasteiger partial charge in [0.25, 0.3) is 5.91 Å². The maximum atomic E-state index is 10.00. The first-order valence-electron chi connectivity index (χ1n) is 7.46. The molecule has 0 radical (unpaired) electrons. The summed E-state index contributed by atoms with van der Waals surface area (Å²) in [7, 11) is 0. The molecule has 1 saturated carbocycles. The molecule has 7 nitrogen and oxygen atoms in total. The van der Waals surface area contributed by atoms with Crippen molar-refractivity contribution in [3.8, 4) is 12.1 Å². The lowest BCUT2D eigenvalue weighted by molar-refractivity contribution is -0.255. The molecule has 2 heterocycles. The second-order valence-electron chi connectivity index (χ2n) is 5.50. The number of nitrogens with zero attached hydrogens (tertiary/aromatic N) is 4. The fourth-order valence-corrected chi connectivity index (χ4v) is 3.81. The van der Waals surface area contributed by atoms with Gasteiger partial charge in [-0.25, -0.2) is 4.99 Å². The van der Waals surface area contributed by atoms with Crippen molar-refractivity contribution in [3.05, 3.63) is 30.1 Å². The van der Waals surface area contributed by atoms with Crippen LogP contribution in [0.25, 0.3) is 0 Å². The highest BCUT2D eigenvalue weighted by molar-refractivity contribution is 6.00. The summed E-state index contributed by atoms with van der Waals surface area (Å²) in [5.41, 5.74) is 4.34. The van der Waals surface area contributed by atoms with Gasteiger partial charge < -0.3 is 15.2 Å². The number of nitriles is 2. The van der Waals surface area contributed by atoms with Crippen LogP contribution in [0.1, 0.15) is 25.3 Å². The van der Waals surface area contributed by atoms with Gasteiger partial charge in [0, 0.05) is 31.5 Å². The van der Waals surface area contributed by atoms with E-state index in [0.29, 0.717) is 0 Å². The number of aromatic nitrogens is 1. The molecule has 1 aliphatic heterocycles. The van der Waals surface area contributed by atoms with Crippen molar-refractivity contribution >= 4 is 5.84 Å². The molecule has 0 spiro atoms. The average molecular weight is 311 g/mol. The number of rotatable bonds is 5. The van der Waals surface area contributed by atoms with E-state index in [1.54, 1.807) is 38.4 Å². The standard InChI is InChI=1S/C16H17N5O2/c1-3-22-16(23-4-2)15(10-18)12(11-5-7-20-8-6-11)14(15,9-17)13(19)21-16/h5-8,12H,3-4H2,1-2H3,(H2,19,21). The summed E-state index contributed by atoms with van der Waals surface area (Å²) >= 11 is 0. The minimum absolute atomic E-state index is 0.0882. The highest BCUT2D eigenvalue weighted by Crippen LogP contribution is 2.81. The molecule has 0 bridgehead atoms. The van der Waals surface area contributed by atoms with Gasteiger partial charge in [0.15, 0.2) is 5.41 Å². The van der Waals surface area contributed by atoms with E-state index in [-0.39, 0.29) is 19.0 Å². The van der Waals surface area contributed by atoms with Gasteiger partial charge in [-0.1, -0.05) is 0 Å². The van der Waals surface area contributed by atoms with Crippen molar-refractivity contribution in [1.82, 2.24) is 4.98 Å². The summed E-state index contributed by atoms with van der Waals surface area (Å²) in [6.07, 6.45) is 3.24. The van der Waals surface area contributed by atoms with E-state index >= 15 is 0 Å². The summed E-state index contributed by atoms with van der Waals surface area (Å²) in [5, 5.41) is 19.8. The Balaban J connectivity index is 2.22. The lowest BCUT2D eigenvalue weighted by Crippen LogP contribution is -2.43. The van der Waals surface area contributed by atoms with Crippen LogP contribution in [0.2, 0.25) is 0 Å². The van der Waals surface area contributed by atoms with Gasteiger partial charge in [-0.15, -0.1) is 0 Å². The Morgan fingerprint density at radius 3 is 2.26 bits per heavy atom. The fraction of sp³-hybridized carbons (Fsp3) is 0.500. The van der Waals surface area contributed by atoms with Crippen molar-refractivity contribution in [2.45, 2.75) is 25.7 Å². The Labute approximate surface area is 134 Å². The van der Waals surface area contributed by atoms with Gasteiger partial charge in [-0.05, 0) is 31.5 Å². The first kappa shape index (κ1) is 15.4. The molecule has 23 heavy (non-hydrogen) atoms. The van der Waals surface area contributed by atoms with Crippen LogP contribution < -0.4 is 5.73 Å². The van der Waals surface area contributed by atoms with Crippen LogP contribution in [0.15, 0.2) is 29.5 Å². The highest BCUT2D eigenvalue weighted by Gasteiger charge is 2.93. The van der Waals surface area contributed by atoms with Crippen LogP contribution in [0.5, 0.6) is 0 Å². The van der Waals surface area contributed by atoms with E-state index in [0.717, 1.165) is 5.56 Å². The molecule has 2 aliphatic rings. The summed E-state index contributed by atoms with van der Waals surface area (Å²) in [6.45, 7) is 4.14. The number of hydrogen-bond acceptors (Lipinski definition) is 7. The molecule has 1 aliphatic carbocycles. The zero-order valence-corrected chi connectivity index (χ0v) is 13.0. The van der Waals surface area contributed by atoms with Crippen LogP contribution in [0.3, 0.4) is 0 Å². The molecule has 3 unspecified atom stereocenters. The SMILES string of the molecule is CCOC1(OCC)N=C(N)C2(C#N)C(c3ccncc3)C12C#N. The minimum atomic E-state index is -1.56. The van der Waals surface area contributed by atoms with Crippen molar-refractivity contribution in [2.24, 2.45) is 21.6 Å². The predicted molar refractivity (Wildman–Crippen MR) is 80.7 cm³/mol. The maximum Gasteiger partial charge on any atom is 0.293 e. The molecule has 118 valence electrons. The topological polar surface area (TPSA) is 117 Å². The minimum Gasteiger partial charge on any atom is -0.386 e. The summed E-state index contributed by atoms with van der Waals surface area (Å²) in [4.78, 5) is 8.27. The molecular weight excluding hydrogens is 294 g/mol. The molecular formula is C16H17N5O2. The van der Waals surface area contributed by atoms with Gasteiger partial charge in [0.2, 0.25) is 0 Å². The zero-order valence-electron chi connectivity index (χ0n) is 13.0. The highest BCUT2D eigenvalue weighted by atomic mass is 16.7. The number of ether oxygens (including phenoxy) is 2. The molecule has 7 heteroatoms. The molecule has 3 atom stereocenters. The van der Waals surface area contributed by atoms with Crippen molar-refractivity contribution in [2.75, 3.05) is 13.2 Å². The molecule has 1 aromatic heterocycles. The monoisotopic (exact) mass is 311 g/mol.